The lowest BCUT2D eigenvalue weighted by molar-refractivity contribution is -0.130. The molecule has 2 aromatic heterocycles. The van der Waals surface area contributed by atoms with Crippen LogP contribution in [0.1, 0.15) is 57.0 Å². The summed E-state index contributed by atoms with van der Waals surface area (Å²) < 4.78 is 13.2. The maximum Gasteiger partial charge on any atom is 0.412 e. The van der Waals surface area contributed by atoms with Crippen molar-refractivity contribution >= 4 is 23.2 Å². The van der Waals surface area contributed by atoms with E-state index in [9.17, 15) is 9.59 Å². The predicted octanol–water partition coefficient (Wildman–Crippen LogP) is 4.72. The van der Waals surface area contributed by atoms with Crippen molar-refractivity contribution in [2.24, 2.45) is 0 Å². The number of amides is 2. The van der Waals surface area contributed by atoms with Gasteiger partial charge in [-0.3, -0.25) is 24.4 Å². The number of likely N-dealkylation sites (tertiary alicyclic amines) is 1. The van der Waals surface area contributed by atoms with E-state index in [4.69, 9.17) is 14.5 Å². The fraction of sp³-hybridized carbons (Fsp3) is 0.517. The number of aryl methyl sites for hydroxylation is 1. The van der Waals surface area contributed by atoms with Crippen LogP contribution >= 0.6 is 0 Å². The number of benzene rings is 1. The standard InChI is InChI=1S/C29H40N6O4/c1-7-8-19(2)39-29(37)31-23-10-9-22(17-24(23)38-6)26-27-20(3)30-13-16-35(27)28(32-26)21-11-14-34(15-12-21)18-25(36)33(4)5/h9-10,13,16-17,19,21H,7-8,11-12,14-15,18H2,1-6H3,(H,31,37). The number of hydrogen-bond acceptors (Lipinski definition) is 7. The van der Waals surface area contributed by atoms with E-state index in [1.807, 2.05) is 38.2 Å². The van der Waals surface area contributed by atoms with Crippen molar-refractivity contribution in [2.75, 3.05) is 46.2 Å². The van der Waals surface area contributed by atoms with E-state index in [-0.39, 0.29) is 17.9 Å². The highest BCUT2D eigenvalue weighted by Gasteiger charge is 2.27. The molecule has 10 heteroatoms. The number of fused-ring (bicyclic) bond motifs is 1. The summed E-state index contributed by atoms with van der Waals surface area (Å²) in [6.07, 6.45) is 6.70. The first kappa shape index (κ1) is 28.4. The average Bonchev–Trinajstić information content (AvgIpc) is 3.30. The number of likely N-dealkylation sites (N-methyl/N-ethyl adjacent to an activating group) is 1. The second-order valence-corrected chi connectivity index (χ2v) is 10.4. The second kappa shape index (κ2) is 12.5. The summed E-state index contributed by atoms with van der Waals surface area (Å²) in [5.74, 6) is 1.91. The quantitative estimate of drug-likeness (QED) is 0.422. The minimum Gasteiger partial charge on any atom is -0.495 e. The third-order valence-corrected chi connectivity index (χ3v) is 7.29. The maximum atomic E-state index is 12.4. The van der Waals surface area contributed by atoms with Gasteiger partial charge in [-0.2, -0.15) is 0 Å². The number of ether oxygens (including phenoxy) is 2. The number of rotatable bonds is 9. The SMILES string of the molecule is CCCC(C)OC(=O)Nc1ccc(-c2nc(C3CCN(CC(=O)N(C)C)CC3)n3ccnc(C)c23)cc1OC. The molecule has 0 spiro atoms. The van der Waals surface area contributed by atoms with Crippen LogP contribution in [-0.2, 0) is 9.53 Å². The predicted molar refractivity (Wildman–Crippen MR) is 151 cm³/mol. The summed E-state index contributed by atoms with van der Waals surface area (Å²) >= 11 is 0. The third-order valence-electron chi connectivity index (χ3n) is 7.29. The zero-order valence-electron chi connectivity index (χ0n) is 23.9. The highest BCUT2D eigenvalue weighted by Crippen LogP contribution is 2.36. The van der Waals surface area contributed by atoms with Crippen LogP contribution in [-0.4, -0.2) is 83.1 Å². The Hall–Kier alpha value is -3.66. The van der Waals surface area contributed by atoms with Gasteiger partial charge >= 0.3 is 6.09 Å². The second-order valence-electron chi connectivity index (χ2n) is 10.4. The van der Waals surface area contributed by atoms with Crippen LogP contribution in [0.2, 0.25) is 0 Å². The van der Waals surface area contributed by atoms with E-state index in [0.29, 0.717) is 18.0 Å². The summed E-state index contributed by atoms with van der Waals surface area (Å²) in [5, 5.41) is 2.80. The molecule has 3 heterocycles. The van der Waals surface area contributed by atoms with Crippen molar-refractivity contribution in [3.8, 4) is 17.0 Å². The van der Waals surface area contributed by atoms with Crippen LogP contribution in [0.25, 0.3) is 16.8 Å². The van der Waals surface area contributed by atoms with Gasteiger partial charge in [0.15, 0.2) is 0 Å². The van der Waals surface area contributed by atoms with Crippen molar-refractivity contribution in [3.63, 3.8) is 0 Å². The molecule has 210 valence electrons. The number of carbonyl (C=O) groups excluding carboxylic acids is 2. The zero-order valence-corrected chi connectivity index (χ0v) is 23.9. The van der Waals surface area contributed by atoms with Crippen LogP contribution in [0.4, 0.5) is 10.5 Å². The molecule has 4 rings (SSSR count). The molecule has 1 aliphatic heterocycles. The lowest BCUT2D eigenvalue weighted by atomic mass is 9.96. The number of nitrogens with one attached hydrogen (secondary N) is 1. The van der Waals surface area contributed by atoms with Crippen molar-refractivity contribution in [3.05, 3.63) is 42.1 Å². The van der Waals surface area contributed by atoms with Crippen molar-refractivity contribution < 1.29 is 19.1 Å². The largest absolute Gasteiger partial charge is 0.495 e. The normalized spacial score (nSPS) is 15.2. The highest BCUT2D eigenvalue weighted by molar-refractivity contribution is 5.89. The van der Waals surface area contributed by atoms with Gasteiger partial charge in [0.25, 0.3) is 0 Å². The van der Waals surface area contributed by atoms with E-state index in [2.05, 4.69) is 26.5 Å². The summed E-state index contributed by atoms with van der Waals surface area (Å²) in [6.45, 7) is 8.06. The first-order chi connectivity index (χ1) is 18.7. The summed E-state index contributed by atoms with van der Waals surface area (Å²) in [5.41, 5.74) is 4.07. The molecule has 2 amide bonds. The molecular formula is C29H40N6O4. The van der Waals surface area contributed by atoms with Crippen LogP contribution in [0, 0.1) is 6.92 Å². The van der Waals surface area contributed by atoms with E-state index >= 15 is 0 Å². The number of hydrogen-bond donors (Lipinski definition) is 1. The number of methoxy groups -OCH3 is 1. The van der Waals surface area contributed by atoms with Crippen LogP contribution in [0.15, 0.2) is 30.6 Å². The fourth-order valence-corrected chi connectivity index (χ4v) is 5.12. The van der Waals surface area contributed by atoms with Gasteiger partial charge in [-0.05, 0) is 58.3 Å². The van der Waals surface area contributed by atoms with Gasteiger partial charge in [0.2, 0.25) is 5.91 Å². The number of imidazole rings is 1. The number of carbonyl (C=O) groups is 2. The number of aromatic nitrogens is 3. The third kappa shape index (κ3) is 6.50. The molecule has 1 N–H and O–H groups in total. The van der Waals surface area contributed by atoms with E-state index in [1.54, 1.807) is 32.3 Å². The lowest BCUT2D eigenvalue weighted by Crippen LogP contribution is -2.40. The van der Waals surface area contributed by atoms with Crippen molar-refractivity contribution in [1.29, 1.82) is 0 Å². The van der Waals surface area contributed by atoms with E-state index in [0.717, 1.165) is 67.1 Å². The molecule has 0 bridgehead atoms. The number of nitrogens with zero attached hydrogens (tertiary/aromatic N) is 5. The molecule has 39 heavy (non-hydrogen) atoms. The molecule has 1 fully saturated rings. The molecule has 1 atom stereocenters. The Kier molecular flexibility index (Phi) is 9.06. The van der Waals surface area contributed by atoms with Gasteiger partial charge in [0.05, 0.1) is 36.2 Å². The molecule has 1 aromatic carbocycles. The molecule has 1 saturated heterocycles. The Morgan fingerprint density at radius 3 is 2.64 bits per heavy atom. The first-order valence-corrected chi connectivity index (χ1v) is 13.6. The van der Waals surface area contributed by atoms with E-state index < -0.39 is 6.09 Å². The Morgan fingerprint density at radius 1 is 1.23 bits per heavy atom. The molecule has 0 aliphatic carbocycles. The Bertz CT molecular complexity index is 1310. The Morgan fingerprint density at radius 2 is 1.97 bits per heavy atom. The number of anilines is 1. The zero-order chi connectivity index (χ0) is 28.1. The minimum atomic E-state index is -0.504. The summed E-state index contributed by atoms with van der Waals surface area (Å²) in [6, 6.07) is 5.64. The molecular weight excluding hydrogens is 496 g/mol. The molecule has 0 saturated carbocycles. The van der Waals surface area contributed by atoms with Crippen molar-refractivity contribution in [1.82, 2.24) is 24.2 Å². The highest BCUT2D eigenvalue weighted by atomic mass is 16.6. The van der Waals surface area contributed by atoms with Gasteiger partial charge in [-0.1, -0.05) is 19.4 Å². The van der Waals surface area contributed by atoms with E-state index in [1.165, 1.54) is 0 Å². The molecule has 0 radical (unpaired) electrons. The smallest absolute Gasteiger partial charge is 0.412 e. The van der Waals surface area contributed by atoms with Gasteiger partial charge < -0.3 is 14.4 Å². The summed E-state index contributed by atoms with van der Waals surface area (Å²) in [7, 11) is 5.16. The van der Waals surface area contributed by atoms with Crippen molar-refractivity contribution in [2.45, 2.75) is 58.5 Å². The van der Waals surface area contributed by atoms with Gasteiger partial charge in [0.1, 0.15) is 17.7 Å². The maximum absolute atomic E-state index is 12.4. The first-order valence-electron chi connectivity index (χ1n) is 13.6. The van der Waals surface area contributed by atoms with Crippen LogP contribution in [0.5, 0.6) is 5.75 Å². The van der Waals surface area contributed by atoms with Crippen LogP contribution in [0.3, 0.4) is 0 Å². The minimum absolute atomic E-state index is 0.124. The molecule has 3 aromatic rings. The number of piperidine rings is 1. The topological polar surface area (TPSA) is 101 Å². The molecule has 1 unspecified atom stereocenters. The molecule has 1 aliphatic rings. The Balaban J connectivity index is 1.59. The van der Waals surface area contributed by atoms with Crippen LogP contribution < -0.4 is 10.1 Å². The monoisotopic (exact) mass is 536 g/mol. The molecule has 10 nitrogen and oxygen atoms in total. The Labute approximate surface area is 230 Å². The average molecular weight is 537 g/mol. The van der Waals surface area contributed by atoms with Gasteiger partial charge in [0, 0.05) is 38.0 Å². The summed E-state index contributed by atoms with van der Waals surface area (Å²) in [4.78, 5) is 38.1. The fourth-order valence-electron chi connectivity index (χ4n) is 5.12. The lowest BCUT2D eigenvalue weighted by Gasteiger charge is -2.31. The van der Waals surface area contributed by atoms with Gasteiger partial charge in [-0.15, -0.1) is 0 Å². The van der Waals surface area contributed by atoms with Gasteiger partial charge in [-0.25, -0.2) is 9.78 Å².